The minimum Gasteiger partial charge on any atom is -0.366 e. The lowest BCUT2D eigenvalue weighted by Gasteiger charge is -2.24. The number of carbonyl (C=O) groups excluding carboxylic acids is 1. The number of anilines is 1. The van der Waals surface area contributed by atoms with E-state index in [0.717, 1.165) is 5.56 Å². The Labute approximate surface area is 150 Å². The number of nitrogens with zero attached hydrogens (tertiary/aromatic N) is 2. The van der Waals surface area contributed by atoms with E-state index in [4.69, 9.17) is 12.2 Å². The third-order valence-electron chi connectivity index (χ3n) is 4.05. The second-order valence-corrected chi connectivity index (χ2v) is 5.94. The fourth-order valence-electron chi connectivity index (χ4n) is 2.92. The molecule has 0 saturated carbocycles. The standard InChI is InChI=1S/C20H18N4O2/c1-3-10-24(18-7-5-4-6-15(18)19(21)25)12-14-8-9-17-16(11-14)20(26)23-13(2)22-17/h1,4-9,11H,10,12H2,2H3,(H2,21,25)(H,22,23,26). The zero-order chi connectivity index (χ0) is 18.7. The third kappa shape index (κ3) is 3.42. The first-order valence-corrected chi connectivity index (χ1v) is 8.06. The van der Waals surface area contributed by atoms with Crippen LogP contribution in [0.4, 0.5) is 5.69 Å². The molecule has 26 heavy (non-hydrogen) atoms. The number of aromatic amines is 1. The molecule has 6 heteroatoms. The number of nitrogens with two attached hydrogens (primary N) is 1. The normalized spacial score (nSPS) is 10.5. The van der Waals surface area contributed by atoms with E-state index in [0.29, 0.717) is 41.1 Å². The Kier molecular flexibility index (Phi) is 4.72. The molecule has 1 amide bonds. The maximum atomic E-state index is 12.2. The van der Waals surface area contributed by atoms with Gasteiger partial charge in [-0.3, -0.25) is 9.59 Å². The fraction of sp³-hybridized carbons (Fsp3) is 0.150. The predicted molar refractivity (Wildman–Crippen MR) is 102 cm³/mol. The van der Waals surface area contributed by atoms with Crippen molar-refractivity contribution in [3.8, 4) is 12.3 Å². The quantitative estimate of drug-likeness (QED) is 0.691. The molecule has 0 unspecified atom stereocenters. The number of hydrogen-bond donors (Lipinski definition) is 2. The van der Waals surface area contributed by atoms with Crippen LogP contribution in [-0.2, 0) is 6.54 Å². The van der Waals surface area contributed by atoms with Gasteiger partial charge in [0.05, 0.1) is 28.7 Å². The van der Waals surface area contributed by atoms with E-state index in [-0.39, 0.29) is 5.56 Å². The number of primary amides is 1. The summed E-state index contributed by atoms with van der Waals surface area (Å²) in [4.78, 5) is 32.8. The molecule has 130 valence electrons. The summed E-state index contributed by atoms with van der Waals surface area (Å²) in [5, 5.41) is 0.511. The van der Waals surface area contributed by atoms with Crippen molar-refractivity contribution in [3.63, 3.8) is 0 Å². The van der Waals surface area contributed by atoms with Crippen LogP contribution in [0.25, 0.3) is 10.9 Å². The molecular weight excluding hydrogens is 328 g/mol. The van der Waals surface area contributed by atoms with Gasteiger partial charge in [-0.2, -0.15) is 0 Å². The lowest BCUT2D eigenvalue weighted by Crippen LogP contribution is -2.26. The van der Waals surface area contributed by atoms with E-state index in [1.54, 1.807) is 37.3 Å². The summed E-state index contributed by atoms with van der Waals surface area (Å²) in [6.07, 6.45) is 5.51. The molecule has 1 heterocycles. The third-order valence-corrected chi connectivity index (χ3v) is 4.05. The van der Waals surface area contributed by atoms with Gasteiger partial charge in [0.1, 0.15) is 5.82 Å². The molecule has 0 bridgehead atoms. The second-order valence-electron chi connectivity index (χ2n) is 5.94. The number of aryl methyl sites for hydroxylation is 1. The van der Waals surface area contributed by atoms with Crippen molar-refractivity contribution < 1.29 is 4.79 Å². The molecule has 0 saturated heterocycles. The molecule has 0 radical (unpaired) electrons. The van der Waals surface area contributed by atoms with E-state index in [1.807, 2.05) is 17.0 Å². The van der Waals surface area contributed by atoms with Gasteiger partial charge >= 0.3 is 0 Å². The monoisotopic (exact) mass is 346 g/mol. The number of benzene rings is 2. The molecule has 0 fully saturated rings. The van der Waals surface area contributed by atoms with E-state index < -0.39 is 5.91 Å². The van der Waals surface area contributed by atoms with Crippen molar-refractivity contribution >= 4 is 22.5 Å². The fourth-order valence-corrected chi connectivity index (χ4v) is 2.92. The number of carbonyl (C=O) groups is 1. The van der Waals surface area contributed by atoms with Gasteiger partial charge < -0.3 is 15.6 Å². The molecule has 0 atom stereocenters. The number of nitrogens with one attached hydrogen (secondary N) is 1. The van der Waals surface area contributed by atoms with E-state index in [1.165, 1.54) is 0 Å². The topological polar surface area (TPSA) is 92.1 Å². The average Bonchev–Trinajstić information content (AvgIpc) is 2.61. The van der Waals surface area contributed by atoms with Crippen molar-refractivity contribution in [2.45, 2.75) is 13.5 Å². The largest absolute Gasteiger partial charge is 0.366 e. The van der Waals surface area contributed by atoms with Gasteiger partial charge in [-0.1, -0.05) is 24.1 Å². The number of terminal acetylenes is 1. The van der Waals surface area contributed by atoms with Crippen molar-refractivity contribution in [2.75, 3.05) is 11.4 Å². The predicted octanol–water partition coefficient (Wildman–Crippen LogP) is 1.97. The molecule has 0 aliphatic rings. The lowest BCUT2D eigenvalue weighted by atomic mass is 10.1. The number of fused-ring (bicyclic) bond motifs is 1. The molecule has 0 spiro atoms. The number of amides is 1. The first-order valence-electron chi connectivity index (χ1n) is 8.06. The zero-order valence-electron chi connectivity index (χ0n) is 14.3. The van der Waals surface area contributed by atoms with Crippen LogP contribution in [0.15, 0.2) is 47.3 Å². The Balaban J connectivity index is 2.02. The van der Waals surface area contributed by atoms with Crippen LogP contribution in [0, 0.1) is 19.3 Å². The highest BCUT2D eigenvalue weighted by Gasteiger charge is 2.14. The van der Waals surface area contributed by atoms with Crippen LogP contribution >= 0.6 is 0 Å². The van der Waals surface area contributed by atoms with Crippen molar-refractivity contribution in [3.05, 3.63) is 69.8 Å². The molecule has 2 aromatic carbocycles. The molecule has 3 rings (SSSR count). The first kappa shape index (κ1) is 17.2. The molecule has 0 aliphatic heterocycles. The summed E-state index contributed by atoms with van der Waals surface area (Å²) in [5.41, 5.74) is 7.87. The van der Waals surface area contributed by atoms with Crippen LogP contribution in [0.2, 0.25) is 0 Å². The second kappa shape index (κ2) is 7.11. The Morgan fingerprint density at radius 1 is 1.31 bits per heavy atom. The molecule has 3 aromatic rings. The van der Waals surface area contributed by atoms with Crippen molar-refractivity contribution in [1.29, 1.82) is 0 Å². The van der Waals surface area contributed by atoms with Gasteiger partial charge in [0.25, 0.3) is 11.5 Å². The van der Waals surface area contributed by atoms with Crippen LogP contribution in [-0.4, -0.2) is 22.4 Å². The molecule has 3 N–H and O–H groups in total. The highest BCUT2D eigenvalue weighted by Crippen LogP contribution is 2.22. The molecule has 1 aromatic heterocycles. The van der Waals surface area contributed by atoms with Crippen molar-refractivity contribution in [2.24, 2.45) is 5.73 Å². The number of hydrogen-bond acceptors (Lipinski definition) is 4. The van der Waals surface area contributed by atoms with Crippen LogP contribution < -0.4 is 16.2 Å². The molecular formula is C20H18N4O2. The highest BCUT2D eigenvalue weighted by molar-refractivity contribution is 5.98. The minimum atomic E-state index is -0.516. The summed E-state index contributed by atoms with van der Waals surface area (Å²) in [6.45, 7) is 2.47. The summed E-state index contributed by atoms with van der Waals surface area (Å²) in [5.74, 6) is 2.65. The minimum absolute atomic E-state index is 0.185. The summed E-state index contributed by atoms with van der Waals surface area (Å²) < 4.78 is 0. The van der Waals surface area contributed by atoms with Gasteiger partial charge in [0.2, 0.25) is 0 Å². The van der Waals surface area contributed by atoms with Crippen LogP contribution in [0.1, 0.15) is 21.7 Å². The van der Waals surface area contributed by atoms with E-state index in [2.05, 4.69) is 15.9 Å². The lowest BCUT2D eigenvalue weighted by molar-refractivity contribution is 0.100. The van der Waals surface area contributed by atoms with E-state index >= 15 is 0 Å². The summed E-state index contributed by atoms with van der Waals surface area (Å²) in [7, 11) is 0. The Hall–Kier alpha value is -3.59. The maximum Gasteiger partial charge on any atom is 0.258 e. The Morgan fingerprint density at radius 2 is 2.08 bits per heavy atom. The smallest absolute Gasteiger partial charge is 0.258 e. The number of para-hydroxylation sites is 1. The maximum absolute atomic E-state index is 12.2. The van der Waals surface area contributed by atoms with Gasteiger partial charge in [0.15, 0.2) is 0 Å². The van der Waals surface area contributed by atoms with Gasteiger partial charge in [0, 0.05) is 6.54 Å². The van der Waals surface area contributed by atoms with Gasteiger partial charge in [-0.25, -0.2) is 4.98 Å². The molecule has 6 nitrogen and oxygen atoms in total. The Morgan fingerprint density at radius 3 is 2.81 bits per heavy atom. The molecule has 0 aliphatic carbocycles. The first-order chi connectivity index (χ1) is 12.5. The van der Waals surface area contributed by atoms with Crippen LogP contribution in [0.5, 0.6) is 0 Å². The number of rotatable bonds is 5. The van der Waals surface area contributed by atoms with Crippen LogP contribution in [0.3, 0.4) is 0 Å². The summed E-state index contributed by atoms with van der Waals surface area (Å²) in [6, 6.07) is 12.5. The number of aromatic nitrogens is 2. The Bertz CT molecular complexity index is 1080. The van der Waals surface area contributed by atoms with E-state index in [9.17, 15) is 9.59 Å². The number of H-pyrrole nitrogens is 1. The highest BCUT2D eigenvalue weighted by atomic mass is 16.1. The SMILES string of the molecule is C#CCN(Cc1ccc2nc(C)[nH]c(=O)c2c1)c1ccccc1C(N)=O. The summed E-state index contributed by atoms with van der Waals surface area (Å²) >= 11 is 0. The van der Waals surface area contributed by atoms with Gasteiger partial charge in [-0.05, 0) is 36.8 Å². The zero-order valence-corrected chi connectivity index (χ0v) is 14.3. The average molecular weight is 346 g/mol. The van der Waals surface area contributed by atoms with Crippen molar-refractivity contribution in [1.82, 2.24) is 9.97 Å². The van der Waals surface area contributed by atoms with Gasteiger partial charge in [-0.15, -0.1) is 6.42 Å².